The molecule has 0 spiro atoms. The van der Waals surface area contributed by atoms with Crippen LogP contribution in [0.15, 0.2) is 30.3 Å². The van der Waals surface area contributed by atoms with Crippen LogP contribution in [0.3, 0.4) is 0 Å². The lowest BCUT2D eigenvalue weighted by Gasteiger charge is -2.48. The van der Waals surface area contributed by atoms with Crippen LogP contribution in [0.5, 0.6) is 0 Å². The van der Waals surface area contributed by atoms with Gasteiger partial charge in [0.1, 0.15) is 29.8 Å². The number of ether oxygens (including phenoxy) is 4. The predicted octanol–water partition coefficient (Wildman–Crippen LogP) is 4.35. The van der Waals surface area contributed by atoms with E-state index in [1.165, 1.54) is 11.1 Å². The second-order valence-corrected chi connectivity index (χ2v) is 13.0. The minimum absolute atomic E-state index is 0.0110. The van der Waals surface area contributed by atoms with Gasteiger partial charge in [-0.05, 0) is 30.0 Å². The van der Waals surface area contributed by atoms with Crippen LogP contribution >= 0.6 is 0 Å². The Bertz CT molecular complexity index is 1330. The molecule has 0 radical (unpaired) electrons. The van der Waals surface area contributed by atoms with Gasteiger partial charge in [0, 0.05) is 31.9 Å². The Balaban J connectivity index is 1.42. The molecule has 3 heterocycles. The van der Waals surface area contributed by atoms with Gasteiger partial charge >= 0.3 is 18.1 Å². The van der Waals surface area contributed by atoms with Crippen LogP contribution in [0.4, 0.5) is 13.2 Å². The number of aliphatic hydroxyl groups is 1. The predicted molar refractivity (Wildman–Crippen MR) is 164 cm³/mol. The smallest absolute Gasteiger partial charge is 0.422 e. The van der Waals surface area contributed by atoms with Gasteiger partial charge in [-0.2, -0.15) is 18.2 Å². The first-order valence-electron chi connectivity index (χ1n) is 16.8. The summed E-state index contributed by atoms with van der Waals surface area (Å²) in [7, 11) is 0. The quantitative estimate of drug-likeness (QED) is 0.147. The molecule has 2 N–H and O–H groups in total. The number of fused-ring (bicyclic) bond motifs is 4. The van der Waals surface area contributed by atoms with Gasteiger partial charge in [0.15, 0.2) is 18.4 Å². The molecule has 14 heteroatoms. The van der Waals surface area contributed by atoms with Crippen molar-refractivity contribution in [3.05, 3.63) is 41.5 Å². The summed E-state index contributed by atoms with van der Waals surface area (Å²) < 4.78 is 60.9. The van der Waals surface area contributed by atoms with Crippen molar-refractivity contribution in [3.8, 4) is 0 Å². The van der Waals surface area contributed by atoms with E-state index in [0.717, 1.165) is 44.6 Å². The lowest BCUT2D eigenvalue weighted by atomic mass is 9.62. The lowest BCUT2D eigenvalue weighted by Crippen LogP contribution is -2.69. The van der Waals surface area contributed by atoms with Gasteiger partial charge in [-0.15, -0.1) is 0 Å². The topological polar surface area (TPSA) is 133 Å². The number of hydroxylamine groups is 2. The average molecular weight is 683 g/mol. The molecule has 266 valence electrons. The summed E-state index contributed by atoms with van der Waals surface area (Å²) in [6.45, 7) is 2.29. The maximum Gasteiger partial charge on any atom is 0.422 e. The van der Waals surface area contributed by atoms with E-state index in [-0.39, 0.29) is 26.1 Å². The van der Waals surface area contributed by atoms with E-state index in [0.29, 0.717) is 24.0 Å². The van der Waals surface area contributed by atoms with Gasteiger partial charge in [-0.3, -0.25) is 14.4 Å². The van der Waals surface area contributed by atoms with Crippen molar-refractivity contribution < 1.29 is 56.4 Å². The van der Waals surface area contributed by atoms with Crippen molar-refractivity contribution in [1.29, 1.82) is 0 Å². The van der Waals surface area contributed by atoms with E-state index in [4.69, 9.17) is 19.0 Å². The summed E-state index contributed by atoms with van der Waals surface area (Å²) in [6.07, 6.45) is 1.92. The van der Waals surface area contributed by atoms with Crippen LogP contribution in [0, 0.1) is 5.41 Å². The fraction of sp³-hybridized carbons (Fsp3) is 0.676. The SMILES string of the molecule is CCCCCC1(CCCCC)O[C@@H]2[C@H](O1)[C@H]1ON(Cc3cccc(C=CC(=O)OCC(F)(F)F)c3)[C@@H]3C(=O)O[C@@H]2C[C@]13C(=O)NCCO. The molecule has 4 aliphatic rings. The van der Waals surface area contributed by atoms with E-state index in [2.05, 4.69) is 23.9 Å². The summed E-state index contributed by atoms with van der Waals surface area (Å²) in [5, 5.41) is 13.7. The molecule has 11 nitrogen and oxygen atoms in total. The highest BCUT2D eigenvalue weighted by Gasteiger charge is 2.76. The molecule has 1 aromatic rings. The molecule has 1 amide bonds. The molecular weight excluding hydrogens is 637 g/mol. The maximum absolute atomic E-state index is 14.0. The minimum Gasteiger partial charge on any atom is -0.458 e. The molecule has 0 unspecified atom stereocenters. The highest BCUT2D eigenvalue weighted by atomic mass is 19.4. The molecule has 48 heavy (non-hydrogen) atoms. The van der Waals surface area contributed by atoms with Crippen LogP contribution in [-0.4, -0.2) is 90.2 Å². The molecule has 1 aliphatic carbocycles. The summed E-state index contributed by atoms with van der Waals surface area (Å²) >= 11 is 0. The first-order valence-corrected chi connectivity index (χ1v) is 16.8. The second-order valence-electron chi connectivity index (χ2n) is 13.0. The summed E-state index contributed by atoms with van der Waals surface area (Å²) in [6, 6.07) is 5.64. The lowest BCUT2D eigenvalue weighted by molar-refractivity contribution is -0.224. The fourth-order valence-corrected chi connectivity index (χ4v) is 7.37. The van der Waals surface area contributed by atoms with Crippen LogP contribution in [0.2, 0.25) is 0 Å². The molecule has 4 fully saturated rings. The third-order valence-electron chi connectivity index (χ3n) is 9.47. The monoisotopic (exact) mass is 682 g/mol. The van der Waals surface area contributed by atoms with Crippen molar-refractivity contribution in [2.45, 2.75) is 121 Å². The molecule has 5 rings (SSSR count). The number of amides is 1. The molecule has 1 aromatic carbocycles. The zero-order chi connectivity index (χ0) is 34.5. The second kappa shape index (κ2) is 15.2. The van der Waals surface area contributed by atoms with Crippen molar-refractivity contribution in [2.75, 3.05) is 19.8 Å². The number of aliphatic hydroxyl groups excluding tert-OH is 1. The van der Waals surface area contributed by atoms with Crippen LogP contribution < -0.4 is 5.32 Å². The van der Waals surface area contributed by atoms with Crippen molar-refractivity contribution >= 4 is 23.9 Å². The van der Waals surface area contributed by atoms with Gasteiger partial charge in [0.25, 0.3) is 0 Å². The first-order chi connectivity index (χ1) is 22.9. The number of nitrogens with zero attached hydrogens (tertiary/aromatic N) is 1. The zero-order valence-corrected chi connectivity index (χ0v) is 27.3. The highest BCUT2D eigenvalue weighted by molar-refractivity contribution is 5.93. The van der Waals surface area contributed by atoms with Crippen LogP contribution in [0.25, 0.3) is 6.08 Å². The van der Waals surface area contributed by atoms with Crippen molar-refractivity contribution in [1.82, 2.24) is 10.4 Å². The van der Waals surface area contributed by atoms with Gasteiger partial charge in [-0.1, -0.05) is 63.8 Å². The van der Waals surface area contributed by atoms with E-state index in [1.807, 2.05) is 0 Å². The summed E-state index contributed by atoms with van der Waals surface area (Å²) in [5.74, 6) is -3.12. The van der Waals surface area contributed by atoms with Gasteiger partial charge < -0.3 is 29.4 Å². The minimum atomic E-state index is -4.63. The number of benzene rings is 1. The molecular formula is C34H45F3N2O9. The Hall–Kier alpha value is -3.04. The number of carbonyl (C=O) groups excluding carboxylic acids is 3. The normalized spacial score (nSPS) is 29.1. The Morgan fingerprint density at radius 1 is 1.10 bits per heavy atom. The largest absolute Gasteiger partial charge is 0.458 e. The standard InChI is InChI=1S/C34H45F3N2O9/c1-3-5-7-14-32(15-8-6-4-2)46-26-24-19-33(31(43)38-16-17-40)28(30(42)45-24)39(48-29(33)27(26)47-32)20-23-11-9-10-22(18-23)12-13-25(41)44-21-34(35,36)37/h9-13,18,24,26-29,40H,3-8,14-17,19-21H2,1-2H3,(H,38,43)/t24-,26+,27+,28-,29-,33-/m1/s1. The van der Waals surface area contributed by atoms with Crippen LogP contribution in [-0.2, 0) is 44.7 Å². The Labute approximate surface area is 278 Å². The Morgan fingerprint density at radius 3 is 2.48 bits per heavy atom. The first kappa shape index (κ1) is 36.2. The zero-order valence-electron chi connectivity index (χ0n) is 27.3. The number of rotatable bonds is 16. The fourth-order valence-electron chi connectivity index (χ4n) is 7.37. The highest BCUT2D eigenvalue weighted by Crippen LogP contribution is 2.58. The summed E-state index contributed by atoms with van der Waals surface area (Å²) in [5.41, 5.74) is -0.261. The number of unbranched alkanes of at least 4 members (excludes halogenated alkanes) is 4. The number of alkyl halides is 3. The number of halogens is 3. The number of hydrogen-bond acceptors (Lipinski definition) is 10. The average Bonchev–Trinajstić information content (AvgIpc) is 3.60. The van der Waals surface area contributed by atoms with E-state index < -0.39 is 72.3 Å². The number of hydrogen-bond donors (Lipinski definition) is 2. The molecule has 6 atom stereocenters. The summed E-state index contributed by atoms with van der Waals surface area (Å²) in [4.78, 5) is 46.1. The van der Waals surface area contributed by atoms with Gasteiger partial charge in [0.2, 0.25) is 5.91 Å². The van der Waals surface area contributed by atoms with Crippen molar-refractivity contribution in [2.24, 2.45) is 5.41 Å². The number of nitrogens with one attached hydrogen (secondary N) is 1. The van der Waals surface area contributed by atoms with Crippen molar-refractivity contribution in [3.63, 3.8) is 0 Å². The van der Waals surface area contributed by atoms with E-state index >= 15 is 0 Å². The molecule has 3 aliphatic heterocycles. The van der Waals surface area contributed by atoms with E-state index in [1.54, 1.807) is 24.3 Å². The number of carbonyl (C=O) groups is 3. The van der Waals surface area contributed by atoms with Gasteiger partial charge in [-0.25, -0.2) is 4.79 Å². The molecule has 1 saturated carbocycles. The Kier molecular flexibility index (Phi) is 11.5. The molecule has 0 aromatic heterocycles. The third-order valence-corrected chi connectivity index (χ3v) is 9.47. The van der Waals surface area contributed by atoms with E-state index in [9.17, 15) is 32.7 Å². The third kappa shape index (κ3) is 7.72. The number of esters is 2. The maximum atomic E-state index is 14.0. The Morgan fingerprint density at radius 2 is 1.81 bits per heavy atom. The van der Waals surface area contributed by atoms with Gasteiger partial charge in [0.05, 0.1) is 13.2 Å². The van der Waals surface area contributed by atoms with Crippen LogP contribution in [0.1, 0.15) is 82.8 Å². The molecule has 2 bridgehead atoms. The molecule has 3 saturated heterocycles.